The first-order valence-electron chi connectivity index (χ1n) is 10.4. The number of carboxylic acids is 1. The molecule has 3 aromatic rings. The highest BCUT2D eigenvalue weighted by Crippen LogP contribution is 2.35. The van der Waals surface area contributed by atoms with Crippen molar-refractivity contribution in [3.8, 4) is 28.4 Å². The summed E-state index contributed by atoms with van der Waals surface area (Å²) in [5, 5.41) is 20.5. The summed E-state index contributed by atoms with van der Waals surface area (Å²) < 4.78 is 16.4. The highest BCUT2D eigenvalue weighted by Gasteiger charge is 2.27. The number of phenolic OH excluding ortho intramolecular Hbond substituents is 1. The van der Waals surface area contributed by atoms with E-state index in [2.05, 4.69) is 0 Å². The van der Waals surface area contributed by atoms with Crippen LogP contribution in [0.4, 0.5) is 0 Å². The largest absolute Gasteiger partial charge is 0.507 e. The third-order valence-corrected chi connectivity index (χ3v) is 5.91. The molecule has 1 aliphatic heterocycles. The highest BCUT2D eigenvalue weighted by atomic mass is 16.5. The van der Waals surface area contributed by atoms with E-state index >= 15 is 0 Å². The number of carbonyl (C=O) groups is 1. The summed E-state index contributed by atoms with van der Waals surface area (Å²) in [4.78, 5) is 26.3. The summed E-state index contributed by atoms with van der Waals surface area (Å²) in [6, 6.07) is 10.1. The van der Waals surface area contributed by atoms with Crippen molar-refractivity contribution >= 4 is 16.9 Å². The maximum atomic E-state index is 13.0. The zero-order chi connectivity index (χ0) is 22.8. The Morgan fingerprint density at radius 2 is 1.97 bits per heavy atom. The predicted octanol–water partition coefficient (Wildman–Crippen LogP) is 3.48. The van der Waals surface area contributed by atoms with E-state index in [4.69, 9.17) is 13.9 Å². The van der Waals surface area contributed by atoms with Crippen LogP contribution in [0.2, 0.25) is 0 Å². The molecule has 0 amide bonds. The Morgan fingerprint density at radius 3 is 2.69 bits per heavy atom. The summed E-state index contributed by atoms with van der Waals surface area (Å²) in [5.41, 5.74) is 1.04. The number of likely N-dealkylation sites (tertiary alicyclic amines) is 1. The van der Waals surface area contributed by atoms with Gasteiger partial charge in [-0.3, -0.25) is 9.69 Å². The number of benzene rings is 2. The molecule has 1 saturated heterocycles. The van der Waals surface area contributed by atoms with E-state index < -0.39 is 17.5 Å². The zero-order valence-electron chi connectivity index (χ0n) is 18.0. The summed E-state index contributed by atoms with van der Waals surface area (Å²) in [7, 11) is 3.06. The molecule has 1 aromatic heterocycles. The lowest BCUT2D eigenvalue weighted by Crippen LogP contribution is -2.38. The highest BCUT2D eigenvalue weighted by molar-refractivity contribution is 5.87. The van der Waals surface area contributed by atoms with Crippen LogP contribution in [0, 0.1) is 5.92 Å². The number of aromatic hydroxyl groups is 1. The van der Waals surface area contributed by atoms with Crippen molar-refractivity contribution in [1.82, 2.24) is 4.90 Å². The minimum Gasteiger partial charge on any atom is -0.507 e. The lowest BCUT2D eigenvalue weighted by Gasteiger charge is -2.30. The van der Waals surface area contributed by atoms with Crippen LogP contribution in [0.3, 0.4) is 0 Å². The molecule has 2 aromatic carbocycles. The third-order valence-electron chi connectivity index (χ3n) is 5.91. The van der Waals surface area contributed by atoms with Gasteiger partial charge in [0.15, 0.2) is 0 Å². The van der Waals surface area contributed by atoms with Crippen LogP contribution < -0.4 is 15.1 Å². The Balaban J connectivity index is 1.77. The number of nitrogens with zero attached hydrogens (tertiary/aromatic N) is 1. The molecule has 1 unspecified atom stereocenters. The van der Waals surface area contributed by atoms with Gasteiger partial charge in [0.2, 0.25) is 0 Å². The van der Waals surface area contributed by atoms with Gasteiger partial charge >= 0.3 is 11.6 Å². The van der Waals surface area contributed by atoms with Gasteiger partial charge in [0.1, 0.15) is 22.8 Å². The quantitative estimate of drug-likeness (QED) is 0.562. The Morgan fingerprint density at radius 1 is 1.16 bits per heavy atom. The number of carboxylic acid groups (broad SMARTS) is 1. The fraction of sp³-hybridized carbons (Fsp3) is 0.333. The predicted molar refractivity (Wildman–Crippen MR) is 118 cm³/mol. The zero-order valence-corrected chi connectivity index (χ0v) is 18.0. The Bertz CT molecular complexity index is 1220. The molecule has 0 spiro atoms. The smallest absolute Gasteiger partial charge is 0.344 e. The van der Waals surface area contributed by atoms with E-state index in [0.717, 1.165) is 6.42 Å². The molecular weight excluding hydrogens is 414 g/mol. The Labute approximate surface area is 184 Å². The fourth-order valence-corrected chi connectivity index (χ4v) is 4.22. The van der Waals surface area contributed by atoms with Crippen LogP contribution in [0.25, 0.3) is 22.1 Å². The Hall–Kier alpha value is -3.52. The summed E-state index contributed by atoms with van der Waals surface area (Å²) in [5.74, 6) is -0.181. The monoisotopic (exact) mass is 439 g/mol. The van der Waals surface area contributed by atoms with Crippen LogP contribution in [0.1, 0.15) is 18.4 Å². The minimum atomic E-state index is -0.819. The maximum absolute atomic E-state index is 13.0. The van der Waals surface area contributed by atoms with E-state index in [1.165, 1.54) is 7.11 Å². The van der Waals surface area contributed by atoms with Gasteiger partial charge < -0.3 is 24.1 Å². The van der Waals surface area contributed by atoms with Crippen LogP contribution in [0.15, 0.2) is 45.6 Å². The first kappa shape index (κ1) is 21.7. The van der Waals surface area contributed by atoms with E-state index in [1.807, 2.05) is 4.90 Å². The van der Waals surface area contributed by atoms with E-state index in [0.29, 0.717) is 53.1 Å². The number of hydrogen-bond donors (Lipinski definition) is 2. The molecule has 0 aliphatic carbocycles. The van der Waals surface area contributed by atoms with Gasteiger partial charge in [0, 0.05) is 24.0 Å². The summed E-state index contributed by atoms with van der Waals surface area (Å²) >= 11 is 0. The molecule has 1 aliphatic rings. The normalized spacial score (nSPS) is 16.8. The number of phenols is 1. The molecule has 4 rings (SSSR count). The molecule has 8 heteroatoms. The van der Waals surface area contributed by atoms with Crippen molar-refractivity contribution < 1.29 is 28.9 Å². The summed E-state index contributed by atoms with van der Waals surface area (Å²) in [6.45, 7) is 1.38. The number of rotatable bonds is 6. The van der Waals surface area contributed by atoms with Crippen LogP contribution in [-0.4, -0.2) is 48.4 Å². The molecule has 1 fully saturated rings. The molecule has 168 valence electrons. The lowest BCUT2D eigenvalue weighted by atomic mass is 9.97. The second kappa shape index (κ2) is 8.92. The second-order valence-corrected chi connectivity index (χ2v) is 7.91. The first-order valence-corrected chi connectivity index (χ1v) is 10.4. The molecule has 8 nitrogen and oxygen atoms in total. The van der Waals surface area contributed by atoms with Crippen molar-refractivity contribution in [3.05, 3.63) is 52.4 Å². The van der Waals surface area contributed by atoms with Gasteiger partial charge in [0.25, 0.3) is 0 Å². The van der Waals surface area contributed by atoms with Gasteiger partial charge in [-0.1, -0.05) is 0 Å². The van der Waals surface area contributed by atoms with Crippen molar-refractivity contribution in [2.45, 2.75) is 19.4 Å². The molecule has 2 heterocycles. The van der Waals surface area contributed by atoms with Crippen LogP contribution >= 0.6 is 0 Å². The van der Waals surface area contributed by atoms with Crippen LogP contribution in [0.5, 0.6) is 17.2 Å². The van der Waals surface area contributed by atoms with Crippen molar-refractivity contribution in [3.63, 3.8) is 0 Å². The van der Waals surface area contributed by atoms with Gasteiger partial charge in [-0.05, 0) is 55.8 Å². The molecule has 2 N–H and O–H groups in total. The molecule has 32 heavy (non-hydrogen) atoms. The van der Waals surface area contributed by atoms with Crippen molar-refractivity contribution in [1.29, 1.82) is 0 Å². The van der Waals surface area contributed by atoms with Crippen LogP contribution in [-0.2, 0) is 11.3 Å². The lowest BCUT2D eigenvalue weighted by molar-refractivity contribution is -0.143. The third kappa shape index (κ3) is 4.13. The molecule has 1 atom stereocenters. The fourth-order valence-electron chi connectivity index (χ4n) is 4.22. The molecule has 0 radical (unpaired) electrons. The number of aliphatic carboxylic acids is 1. The molecular formula is C24H25NO7. The molecule has 0 saturated carbocycles. The Kier molecular flexibility index (Phi) is 6.05. The van der Waals surface area contributed by atoms with Crippen molar-refractivity contribution in [2.24, 2.45) is 5.92 Å². The second-order valence-electron chi connectivity index (χ2n) is 7.91. The topological polar surface area (TPSA) is 109 Å². The van der Waals surface area contributed by atoms with Gasteiger partial charge in [-0.2, -0.15) is 0 Å². The average molecular weight is 439 g/mol. The van der Waals surface area contributed by atoms with E-state index in [-0.39, 0.29) is 17.9 Å². The average Bonchev–Trinajstić information content (AvgIpc) is 2.80. The minimum absolute atomic E-state index is 0.00445. The number of ether oxygens (including phenoxy) is 2. The standard InChI is InChI=1S/C24H25NO7/c1-30-16-6-8-21(31-2)17(11-16)18-10-14-5-7-20(26)19(22(14)32-24(18)29)13-25-9-3-4-15(12-25)23(27)28/h5-8,10-11,15,26H,3-4,9,12-13H2,1-2H3,(H,27,28). The SMILES string of the molecule is COc1ccc(OC)c(-c2cc3ccc(O)c(CN4CCCC(C(=O)O)C4)c3oc2=O)c1. The first-order chi connectivity index (χ1) is 15.4. The van der Waals surface area contributed by atoms with Crippen molar-refractivity contribution in [2.75, 3.05) is 27.3 Å². The van der Waals surface area contributed by atoms with E-state index in [9.17, 15) is 19.8 Å². The number of piperidine rings is 1. The van der Waals surface area contributed by atoms with Gasteiger partial charge in [-0.15, -0.1) is 0 Å². The van der Waals surface area contributed by atoms with Gasteiger partial charge in [0.05, 0.1) is 31.3 Å². The van der Waals surface area contributed by atoms with E-state index in [1.54, 1.807) is 43.5 Å². The number of methoxy groups -OCH3 is 2. The summed E-state index contributed by atoms with van der Waals surface area (Å²) in [6.07, 6.45) is 1.39. The number of fused-ring (bicyclic) bond motifs is 1. The number of hydrogen-bond acceptors (Lipinski definition) is 7. The van der Waals surface area contributed by atoms with Gasteiger partial charge in [-0.25, -0.2) is 4.79 Å². The molecule has 0 bridgehead atoms. The maximum Gasteiger partial charge on any atom is 0.344 e.